The Morgan fingerprint density at radius 3 is 2.19 bits per heavy atom. The van der Waals surface area contributed by atoms with E-state index >= 15 is 0 Å². The summed E-state index contributed by atoms with van der Waals surface area (Å²) in [6.45, 7) is 3.57. The Morgan fingerprint density at radius 1 is 1.00 bits per heavy atom. The first-order valence-corrected chi connectivity index (χ1v) is 6.43. The van der Waals surface area contributed by atoms with Crippen molar-refractivity contribution in [3.63, 3.8) is 0 Å². The van der Waals surface area contributed by atoms with Crippen LogP contribution in [0.4, 0.5) is 0 Å². The van der Waals surface area contributed by atoms with Crippen molar-refractivity contribution < 1.29 is 20.1 Å². The van der Waals surface area contributed by atoms with Gasteiger partial charge >= 0.3 is 0 Å². The smallest absolute Gasteiger partial charge is 0.189 e. The number of aryl methyl sites for hydroxylation is 2. The SMILES string of the molecule is Cc1cc(/C=C/C(=O)c2ccc(O)cc2O)cc(C)c1O. The summed E-state index contributed by atoms with van der Waals surface area (Å²) in [5, 5.41) is 28.5. The molecule has 0 saturated carbocycles. The molecule has 0 aliphatic rings. The zero-order valence-corrected chi connectivity index (χ0v) is 11.8. The maximum Gasteiger partial charge on any atom is 0.189 e. The average molecular weight is 284 g/mol. The molecule has 108 valence electrons. The standard InChI is InChI=1S/C17H16O4/c1-10-7-12(8-11(2)17(10)21)3-6-15(19)14-5-4-13(18)9-16(14)20/h3-9,18,20-21H,1-2H3/b6-3+. The number of hydrogen-bond donors (Lipinski definition) is 3. The van der Waals surface area contributed by atoms with E-state index in [4.69, 9.17) is 0 Å². The Hall–Kier alpha value is -2.75. The van der Waals surface area contributed by atoms with Crippen molar-refractivity contribution in [2.24, 2.45) is 0 Å². The number of aromatic hydroxyl groups is 3. The van der Waals surface area contributed by atoms with E-state index in [1.54, 1.807) is 32.1 Å². The van der Waals surface area contributed by atoms with Gasteiger partial charge in [-0.1, -0.05) is 6.08 Å². The van der Waals surface area contributed by atoms with Gasteiger partial charge in [-0.25, -0.2) is 0 Å². The quantitative estimate of drug-likeness (QED) is 0.597. The molecule has 0 atom stereocenters. The fraction of sp³-hybridized carbons (Fsp3) is 0.118. The van der Waals surface area contributed by atoms with Gasteiger partial charge in [0, 0.05) is 6.07 Å². The van der Waals surface area contributed by atoms with Gasteiger partial charge in [-0.05, 0) is 60.9 Å². The second-order valence-corrected chi connectivity index (χ2v) is 4.90. The molecule has 0 amide bonds. The van der Waals surface area contributed by atoms with Gasteiger partial charge in [-0.2, -0.15) is 0 Å². The van der Waals surface area contributed by atoms with Crippen LogP contribution in [0, 0.1) is 13.8 Å². The van der Waals surface area contributed by atoms with E-state index in [1.165, 1.54) is 18.2 Å². The summed E-state index contributed by atoms with van der Waals surface area (Å²) >= 11 is 0. The lowest BCUT2D eigenvalue weighted by Gasteiger charge is -2.05. The van der Waals surface area contributed by atoms with Crippen LogP contribution in [-0.4, -0.2) is 21.1 Å². The van der Waals surface area contributed by atoms with Crippen LogP contribution in [0.3, 0.4) is 0 Å². The minimum absolute atomic E-state index is 0.0992. The van der Waals surface area contributed by atoms with Gasteiger partial charge in [0.15, 0.2) is 5.78 Å². The van der Waals surface area contributed by atoms with Crippen molar-refractivity contribution in [2.45, 2.75) is 13.8 Å². The molecule has 21 heavy (non-hydrogen) atoms. The van der Waals surface area contributed by atoms with Crippen LogP contribution in [0.1, 0.15) is 27.0 Å². The highest BCUT2D eigenvalue weighted by atomic mass is 16.3. The van der Waals surface area contributed by atoms with Crippen LogP contribution in [-0.2, 0) is 0 Å². The number of phenols is 3. The molecule has 0 heterocycles. The van der Waals surface area contributed by atoms with E-state index in [0.29, 0.717) is 0 Å². The van der Waals surface area contributed by atoms with E-state index in [-0.39, 0.29) is 28.6 Å². The second-order valence-electron chi connectivity index (χ2n) is 4.90. The number of ketones is 1. The lowest BCUT2D eigenvalue weighted by atomic mass is 10.0. The Kier molecular flexibility index (Phi) is 3.98. The number of allylic oxidation sites excluding steroid dienone is 1. The molecule has 2 rings (SSSR count). The summed E-state index contributed by atoms with van der Waals surface area (Å²) in [5.74, 6) is -0.480. The fourth-order valence-electron chi connectivity index (χ4n) is 2.08. The highest BCUT2D eigenvalue weighted by Gasteiger charge is 2.09. The molecule has 0 aromatic heterocycles. The number of rotatable bonds is 3. The van der Waals surface area contributed by atoms with Crippen molar-refractivity contribution in [3.8, 4) is 17.2 Å². The molecule has 0 aliphatic carbocycles. The molecule has 0 unspecified atom stereocenters. The summed E-state index contributed by atoms with van der Waals surface area (Å²) in [5.41, 5.74) is 2.37. The van der Waals surface area contributed by atoms with Gasteiger partial charge in [0.05, 0.1) is 5.56 Å². The molecule has 0 bridgehead atoms. The topological polar surface area (TPSA) is 77.8 Å². The van der Waals surface area contributed by atoms with E-state index in [0.717, 1.165) is 22.8 Å². The van der Waals surface area contributed by atoms with Crippen molar-refractivity contribution in [1.82, 2.24) is 0 Å². The first-order chi connectivity index (χ1) is 9.88. The molecule has 4 heteroatoms. The maximum atomic E-state index is 12.0. The molecular formula is C17H16O4. The summed E-state index contributed by atoms with van der Waals surface area (Å²) in [6, 6.07) is 7.36. The number of phenolic OH excluding ortho intramolecular Hbond substituents is 3. The lowest BCUT2D eigenvalue weighted by molar-refractivity contribution is 0.104. The molecular weight excluding hydrogens is 268 g/mol. The van der Waals surface area contributed by atoms with Gasteiger partial charge in [-0.3, -0.25) is 4.79 Å². The third-order valence-electron chi connectivity index (χ3n) is 3.19. The van der Waals surface area contributed by atoms with E-state index in [9.17, 15) is 20.1 Å². The Morgan fingerprint density at radius 2 is 1.62 bits per heavy atom. The second kappa shape index (κ2) is 5.71. The highest BCUT2D eigenvalue weighted by Crippen LogP contribution is 2.25. The predicted octanol–water partition coefficient (Wildman–Crippen LogP) is 3.32. The fourth-order valence-corrected chi connectivity index (χ4v) is 2.08. The summed E-state index contributed by atoms with van der Waals surface area (Å²) in [7, 11) is 0. The van der Waals surface area contributed by atoms with Crippen LogP contribution in [0.25, 0.3) is 6.08 Å². The molecule has 0 fully saturated rings. The van der Waals surface area contributed by atoms with Gasteiger partial charge in [0.25, 0.3) is 0 Å². The summed E-state index contributed by atoms with van der Waals surface area (Å²) in [6.07, 6.45) is 2.96. The van der Waals surface area contributed by atoms with Crippen LogP contribution < -0.4 is 0 Å². The Balaban J connectivity index is 2.27. The van der Waals surface area contributed by atoms with Crippen LogP contribution >= 0.6 is 0 Å². The molecule has 0 radical (unpaired) electrons. The van der Waals surface area contributed by atoms with E-state index in [2.05, 4.69) is 0 Å². The monoisotopic (exact) mass is 284 g/mol. The third-order valence-corrected chi connectivity index (χ3v) is 3.19. The average Bonchev–Trinajstić information content (AvgIpc) is 2.42. The molecule has 2 aromatic carbocycles. The van der Waals surface area contributed by atoms with Gasteiger partial charge in [0.2, 0.25) is 0 Å². The summed E-state index contributed by atoms with van der Waals surface area (Å²) < 4.78 is 0. The number of hydrogen-bond acceptors (Lipinski definition) is 4. The Bertz CT molecular complexity index is 707. The molecule has 0 saturated heterocycles. The minimum Gasteiger partial charge on any atom is -0.508 e. The molecule has 4 nitrogen and oxygen atoms in total. The highest BCUT2D eigenvalue weighted by molar-refractivity contribution is 6.08. The molecule has 0 spiro atoms. The van der Waals surface area contributed by atoms with Crippen molar-refractivity contribution in [1.29, 1.82) is 0 Å². The zero-order valence-electron chi connectivity index (χ0n) is 11.8. The third kappa shape index (κ3) is 3.23. The van der Waals surface area contributed by atoms with Crippen LogP contribution in [0.2, 0.25) is 0 Å². The molecule has 2 aromatic rings. The van der Waals surface area contributed by atoms with Crippen molar-refractivity contribution in [3.05, 3.63) is 58.7 Å². The maximum absolute atomic E-state index is 12.0. The predicted molar refractivity (Wildman–Crippen MR) is 80.7 cm³/mol. The lowest BCUT2D eigenvalue weighted by Crippen LogP contribution is -1.94. The van der Waals surface area contributed by atoms with Gasteiger partial charge in [-0.15, -0.1) is 0 Å². The molecule has 3 N–H and O–H groups in total. The van der Waals surface area contributed by atoms with Gasteiger partial charge in [0.1, 0.15) is 17.2 Å². The van der Waals surface area contributed by atoms with Gasteiger partial charge < -0.3 is 15.3 Å². The van der Waals surface area contributed by atoms with Crippen LogP contribution in [0.15, 0.2) is 36.4 Å². The first kappa shape index (κ1) is 14.7. The van der Waals surface area contributed by atoms with Crippen molar-refractivity contribution in [2.75, 3.05) is 0 Å². The normalized spacial score (nSPS) is 11.0. The van der Waals surface area contributed by atoms with Crippen LogP contribution in [0.5, 0.6) is 17.2 Å². The van der Waals surface area contributed by atoms with E-state index in [1.807, 2.05) is 0 Å². The largest absolute Gasteiger partial charge is 0.508 e. The Labute approximate surface area is 122 Å². The van der Waals surface area contributed by atoms with Crippen molar-refractivity contribution >= 4 is 11.9 Å². The zero-order chi connectivity index (χ0) is 15.6. The molecule has 0 aliphatic heterocycles. The van der Waals surface area contributed by atoms with E-state index < -0.39 is 0 Å². The number of carbonyl (C=O) groups is 1. The minimum atomic E-state index is -0.365. The number of benzene rings is 2. The summed E-state index contributed by atoms with van der Waals surface area (Å²) in [4.78, 5) is 12.0. The number of carbonyl (C=O) groups excluding carboxylic acids is 1. The first-order valence-electron chi connectivity index (χ1n) is 6.43.